The van der Waals surface area contributed by atoms with Crippen molar-refractivity contribution in [3.8, 4) is 0 Å². The summed E-state index contributed by atoms with van der Waals surface area (Å²) in [4.78, 5) is 61.3. The average Bonchev–Trinajstić information content (AvgIpc) is 3.58. The van der Waals surface area contributed by atoms with E-state index in [4.69, 9.17) is 22.1 Å². The number of likely N-dealkylation sites (tertiary alicyclic amines) is 1. The molecule has 5 rings (SSSR count). The van der Waals surface area contributed by atoms with Crippen LogP contribution < -0.4 is 21.9 Å². The lowest BCUT2D eigenvalue weighted by Crippen LogP contribution is -2.56. The van der Waals surface area contributed by atoms with Gasteiger partial charge in [0.25, 0.3) is 11.5 Å². The molecule has 38 heavy (non-hydrogen) atoms. The zero-order valence-corrected chi connectivity index (χ0v) is 22.4. The summed E-state index contributed by atoms with van der Waals surface area (Å²) in [6.45, 7) is 7.73. The third-order valence-electron chi connectivity index (χ3n) is 7.34. The Hall–Kier alpha value is -3.67. The molecule has 0 atom stereocenters. The third kappa shape index (κ3) is 4.16. The summed E-state index contributed by atoms with van der Waals surface area (Å²) >= 11 is 6.57. The van der Waals surface area contributed by atoms with E-state index < -0.39 is 34.2 Å². The number of amides is 3. The monoisotopic (exact) mass is 543 g/mol. The predicted octanol–water partition coefficient (Wildman–Crippen LogP) is 2.29. The normalized spacial score (nSPS) is 19.1. The third-order valence-corrected chi connectivity index (χ3v) is 7.70. The number of primary amides is 1. The van der Waals surface area contributed by atoms with Crippen LogP contribution >= 0.6 is 11.6 Å². The van der Waals surface area contributed by atoms with Crippen LogP contribution in [0.1, 0.15) is 68.2 Å². The van der Waals surface area contributed by atoms with Gasteiger partial charge in [0.2, 0.25) is 5.91 Å². The van der Waals surface area contributed by atoms with E-state index in [0.717, 1.165) is 0 Å². The highest BCUT2D eigenvalue weighted by molar-refractivity contribution is 6.34. The Labute approximate surface area is 223 Å². The Bertz CT molecular complexity index is 1420. The Kier molecular flexibility index (Phi) is 5.93. The first-order chi connectivity index (χ1) is 17.8. The quantitative estimate of drug-likeness (QED) is 0.529. The maximum absolute atomic E-state index is 13.8. The molecule has 1 aliphatic carbocycles. The highest BCUT2D eigenvalue weighted by atomic mass is 35.5. The van der Waals surface area contributed by atoms with Crippen LogP contribution in [-0.4, -0.2) is 56.0 Å². The van der Waals surface area contributed by atoms with E-state index in [2.05, 4.69) is 20.6 Å². The Morgan fingerprint density at radius 1 is 1.16 bits per heavy atom. The van der Waals surface area contributed by atoms with Gasteiger partial charge in [0, 0.05) is 25.9 Å². The van der Waals surface area contributed by atoms with Gasteiger partial charge < -0.3 is 26.0 Å². The molecule has 0 radical (unpaired) electrons. The minimum atomic E-state index is -0.991. The molecular weight excluding hydrogens is 514 g/mol. The fourth-order valence-electron chi connectivity index (χ4n) is 5.23. The van der Waals surface area contributed by atoms with E-state index in [0.29, 0.717) is 50.0 Å². The van der Waals surface area contributed by atoms with Gasteiger partial charge in [-0.3, -0.25) is 19.0 Å². The van der Waals surface area contributed by atoms with E-state index in [1.165, 1.54) is 10.9 Å². The number of fused-ring (bicyclic) bond motifs is 2. The molecule has 2 aliphatic heterocycles. The molecule has 13 heteroatoms. The Morgan fingerprint density at radius 3 is 2.39 bits per heavy atom. The van der Waals surface area contributed by atoms with Crippen molar-refractivity contribution < 1.29 is 19.1 Å². The van der Waals surface area contributed by atoms with Gasteiger partial charge in [-0.05, 0) is 52.2 Å². The molecule has 3 aliphatic rings. The van der Waals surface area contributed by atoms with Gasteiger partial charge in [0.15, 0.2) is 5.82 Å². The first-order valence-electron chi connectivity index (χ1n) is 12.4. The van der Waals surface area contributed by atoms with E-state index in [9.17, 15) is 19.2 Å². The standard InChI is InChI=1S/C25H30ClN7O5/c1-13-11-14(30-18-15(26)17(28-12-29-18)24(5-6-24)21(27)36)20(35)33-16(13)19(34)31-25(33)7-9-32(10-8-25)22(37)38-23(2,3)4/h11-12H,5-10H2,1-4H3,(H2,27,36)(H,31,34)(H,28,29,30). The lowest BCUT2D eigenvalue weighted by Gasteiger charge is -2.40. The van der Waals surface area contributed by atoms with Gasteiger partial charge in [-0.2, -0.15) is 0 Å². The van der Waals surface area contributed by atoms with Crippen molar-refractivity contribution in [3.05, 3.63) is 44.7 Å². The van der Waals surface area contributed by atoms with E-state index >= 15 is 0 Å². The average molecular weight is 544 g/mol. The predicted molar refractivity (Wildman–Crippen MR) is 138 cm³/mol. The van der Waals surface area contributed by atoms with E-state index in [1.807, 2.05) is 0 Å². The summed E-state index contributed by atoms with van der Waals surface area (Å²) < 4.78 is 6.95. The van der Waals surface area contributed by atoms with Crippen LogP contribution in [0.5, 0.6) is 0 Å². The molecule has 2 aromatic heterocycles. The first-order valence-corrected chi connectivity index (χ1v) is 12.8. The smallest absolute Gasteiger partial charge is 0.410 e. The molecule has 2 aromatic rings. The molecule has 0 unspecified atom stereocenters. The van der Waals surface area contributed by atoms with Crippen molar-refractivity contribution in [2.45, 2.75) is 70.1 Å². The van der Waals surface area contributed by atoms with Crippen LogP contribution in [0.15, 0.2) is 17.2 Å². The fourth-order valence-corrected chi connectivity index (χ4v) is 5.55. The molecule has 4 heterocycles. The zero-order chi connectivity index (χ0) is 27.6. The molecule has 2 fully saturated rings. The number of nitrogens with two attached hydrogens (primary N) is 1. The number of aromatic nitrogens is 3. The van der Waals surface area contributed by atoms with Crippen molar-refractivity contribution >= 4 is 41.0 Å². The lowest BCUT2D eigenvalue weighted by atomic mass is 9.97. The van der Waals surface area contributed by atoms with Crippen LogP contribution in [0.3, 0.4) is 0 Å². The highest BCUT2D eigenvalue weighted by Crippen LogP contribution is 2.50. The molecule has 12 nitrogen and oxygen atoms in total. The number of ether oxygens (including phenoxy) is 1. The molecule has 1 saturated heterocycles. The maximum Gasteiger partial charge on any atom is 0.410 e. The van der Waals surface area contributed by atoms with Crippen LogP contribution in [-0.2, 0) is 20.6 Å². The number of hydrogen-bond acceptors (Lipinski definition) is 8. The van der Waals surface area contributed by atoms with Gasteiger partial charge >= 0.3 is 6.09 Å². The van der Waals surface area contributed by atoms with Gasteiger partial charge in [0.05, 0.1) is 11.1 Å². The number of carbonyl (C=O) groups is 3. The number of anilines is 2. The Balaban J connectivity index is 1.47. The minimum Gasteiger partial charge on any atom is -0.444 e. The molecule has 1 spiro atoms. The van der Waals surface area contributed by atoms with E-state index in [-0.39, 0.29) is 28.1 Å². The van der Waals surface area contributed by atoms with Gasteiger partial charge in [-0.15, -0.1) is 0 Å². The minimum absolute atomic E-state index is 0.112. The second-order valence-electron chi connectivity index (χ2n) is 11.1. The van der Waals surface area contributed by atoms with Gasteiger partial charge in [0.1, 0.15) is 34.0 Å². The van der Waals surface area contributed by atoms with Crippen molar-refractivity contribution in [2.75, 3.05) is 18.4 Å². The zero-order valence-electron chi connectivity index (χ0n) is 21.7. The number of aryl methyl sites for hydroxylation is 1. The van der Waals surface area contributed by atoms with Gasteiger partial charge in [-0.25, -0.2) is 14.8 Å². The largest absolute Gasteiger partial charge is 0.444 e. The van der Waals surface area contributed by atoms with Gasteiger partial charge in [-0.1, -0.05) is 11.6 Å². The number of halogens is 1. The topological polar surface area (TPSA) is 162 Å². The SMILES string of the molecule is Cc1cc(Nc2ncnc(C3(C(N)=O)CC3)c2Cl)c(=O)n2c1C(=O)NC21CCN(C(=O)OC(C)(C)C)CC1. The van der Waals surface area contributed by atoms with Crippen LogP contribution in [0.2, 0.25) is 5.02 Å². The Morgan fingerprint density at radius 2 is 1.82 bits per heavy atom. The summed E-state index contributed by atoms with van der Waals surface area (Å²) in [5, 5.41) is 6.09. The number of nitrogens with zero attached hydrogens (tertiary/aromatic N) is 4. The number of carbonyl (C=O) groups excluding carboxylic acids is 3. The maximum atomic E-state index is 13.8. The number of hydrogen-bond donors (Lipinski definition) is 3. The lowest BCUT2D eigenvalue weighted by molar-refractivity contribution is -0.120. The summed E-state index contributed by atoms with van der Waals surface area (Å²) in [6, 6.07) is 1.57. The van der Waals surface area contributed by atoms with Crippen LogP contribution in [0.4, 0.5) is 16.3 Å². The summed E-state index contributed by atoms with van der Waals surface area (Å²) in [6.07, 6.45) is 2.56. The summed E-state index contributed by atoms with van der Waals surface area (Å²) in [5.74, 6) is -0.703. The molecule has 202 valence electrons. The molecule has 3 amide bonds. The van der Waals surface area contributed by atoms with E-state index in [1.54, 1.807) is 38.7 Å². The molecule has 0 aromatic carbocycles. The van der Waals surface area contributed by atoms with Crippen LogP contribution in [0.25, 0.3) is 0 Å². The molecular formula is C25H30ClN7O5. The van der Waals surface area contributed by atoms with Crippen molar-refractivity contribution in [2.24, 2.45) is 5.73 Å². The fraction of sp³-hybridized carbons (Fsp3) is 0.520. The molecule has 1 saturated carbocycles. The molecule has 4 N–H and O–H groups in total. The second-order valence-corrected chi connectivity index (χ2v) is 11.5. The number of piperidine rings is 1. The van der Waals surface area contributed by atoms with Crippen molar-refractivity contribution in [1.29, 1.82) is 0 Å². The number of nitrogens with one attached hydrogen (secondary N) is 2. The summed E-state index contributed by atoms with van der Waals surface area (Å²) in [7, 11) is 0. The first kappa shape index (κ1) is 26.0. The number of pyridine rings is 1. The molecule has 0 bridgehead atoms. The van der Waals surface area contributed by atoms with Crippen LogP contribution in [0, 0.1) is 6.92 Å². The van der Waals surface area contributed by atoms with Crippen molar-refractivity contribution in [3.63, 3.8) is 0 Å². The summed E-state index contributed by atoms with van der Waals surface area (Å²) in [5.41, 5.74) is 3.93. The highest BCUT2D eigenvalue weighted by Gasteiger charge is 2.53. The van der Waals surface area contributed by atoms with Crippen molar-refractivity contribution in [1.82, 2.24) is 24.8 Å². The number of rotatable bonds is 4. The second kappa shape index (κ2) is 8.69.